The number of aliphatic hydroxyl groups is 1. The number of aromatic amines is 1. The van der Waals surface area contributed by atoms with E-state index >= 15 is 0 Å². The van der Waals surface area contributed by atoms with Gasteiger partial charge in [-0.25, -0.2) is 8.42 Å². The molecule has 5 heteroatoms. The van der Waals surface area contributed by atoms with Gasteiger partial charge in [0.1, 0.15) is 0 Å². The average molecular weight is 253 g/mol. The first kappa shape index (κ1) is 12.1. The van der Waals surface area contributed by atoms with Gasteiger partial charge in [-0.2, -0.15) is 0 Å². The van der Waals surface area contributed by atoms with Gasteiger partial charge < -0.3 is 10.1 Å². The van der Waals surface area contributed by atoms with Crippen molar-refractivity contribution in [2.45, 2.75) is 18.2 Å². The average Bonchev–Trinajstić information content (AvgIpc) is 2.63. The number of aliphatic hydroxyl groups excluding tert-OH is 1. The number of sulfone groups is 1. The lowest BCUT2D eigenvalue weighted by atomic mass is 10.2. The largest absolute Gasteiger partial charge is 0.396 e. The van der Waals surface area contributed by atoms with Crippen molar-refractivity contribution in [2.75, 3.05) is 12.4 Å². The first-order valence-corrected chi connectivity index (χ1v) is 7.12. The Morgan fingerprint density at radius 1 is 1.29 bits per heavy atom. The summed E-state index contributed by atoms with van der Waals surface area (Å²) in [7, 11) is -3.33. The van der Waals surface area contributed by atoms with E-state index in [9.17, 15) is 8.42 Å². The number of aromatic nitrogens is 1. The lowest BCUT2D eigenvalue weighted by Gasteiger charge is -2.03. The summed E-state index contributed by atoms with van der Waals surface area (Å²) < 4.78 is 24.3. The Bertz CT molecular complexity index is 628. The molecule has 0 fully saturated rings. The van der Waals surface area contributed by atoms with E-state index in [1.54, 1.807) is 13.0 Å². The molecular weight excluding hydrogens is 238 g/mol. The second-order valence-electron chi connectivity index (χ2n) is 4.02. The Balaban J connectivity index is 2.58. The second kappa shape index (κ2) is 4.50. The molecule has 2 aromatic rings. The Hall–Kier alpha value is -1.33. The molecule has 2 rings (SSSR count). The van der Waals surface area contributed by atoms with E-state index < -0.39 is 9.84 Å². The molecular formula is C12H15NO3S. The van der Waals surface area contributed by atoms with Crippen molar-refractivity contribution in [3.05, 3.63) is 30.0 Å². The molecule has 0 radical (unpaired) electrons. The number of nitrogens with one attached hydrogen (secondary N) is 1. The molecule has 0 unspecified atom stereocenters. The second-order valence-corrected chi connectivity index (χ2v) is 6.07. The number of hydrogen-bond acceptors (Lipinski definition) is 3. The van der Waals surface area contributed by atoms with Crippen molar-refractivity contribution in [3.8, 4) is 0 Å². The molecule has 0 saturated carbocycles. The lowest BCUT2D eigenvalue weighted by Crippen LogP contribution is -2.09. The number of para-hydroxylation sites is 1. The first-order chi connectivity index (χ1) is 8.06. The van der Waals surface area contributed by atoms with Gasteiger partial charge in [0.2, 0.25) is 0 Å². The van der Waals surface area contributed by atoms with Crippen LogP contribution in [0.15, 0.2) is 29.2 Å². The molecule has 0 bridgehead atoms. The van der Waals surface area contributed by atoms with Gasteiger partial charge >= 0.3 is 0 Å². The number of hydrogen-bond donors (Lipinski definition) is 2. The van der Waals surface area contributed by atoms with Crippen molar-refractivity contribution >= 4 is 20.7 Å². The number of benzene rings is 1. The molecule has 0 aliphatic carbocycles. The smallest absolute Gasteiger partial charge is 0.180 e. The quantitative estimate of drug-likeness (QED) is 0.870. The molecule has 1 aromatic carbocycles. The van der Waals surface area contributed by atoms with Gasteiger partial charge in [0.05, 0.1) is 10.6 Å². The van der Waals surface area contributed by atoms with Crippen LogP contribution in [0.25, 0.3) is 10.9 Å². The molecule has 1 heterocycles. The van der Waals surface area contributed by atoms with Crippen molar-refractivity contribution < 1.29 is 13.5 Å². The van der Waals surface area contributed by atoms with E-state index in [4.69, 9.17) is 5.11 Å². The highest BCUT2D eigenvalue weighted by Crippen LogP contribution is 2.27. The SMILES string of the molecule is Cc1[nH]c2ccccc2c1S(=O)(=O)CCCO. The fourth-order valence-corrected chi connectivity index (χ4v) is 3.75. The molecule has 92 valence electrons. The monoisotopic (exact) mass is 253 g/mol. The zero-order chi connectivity index (χ0) is 12.5. The van der Waals surface area contributed by atoms with E-state index in [0.717, 1.165) is 10.9 Å². The Kier molecular flexibility index (Phi) is 3.22. The van der Waals surface area contributed by atoms with Crippen LogP contribution in [-0.2, 0) is 9.84 Å². The van der Waals surface area contributed by atoms with E-state index in [-0.39, 0.29) is 18.8 Å². The number of aryl methyl sites for hydroxylation is 1. The van der Waals surface area contributed by atoms with E-state index in [1.807, 2.05) is 18.2 Å². The highest BCUT2D eigenvalue weighted by Gasteiger charge is 2.21. The fourth-order valence-electron chi connectivity index (χ4n) is 2.01. The van der Waals surface area contributed by atoms with Crippen LogP contribution >= 0.6 is 0 Å². The van der Waals surface area contributed by atoms with Gasteiger partial charge in [-0.1, -0.05) is 18.2 Å². The fraction of sp³-hybridized carbons (Fsp3) is 0.333. The summed E-state index contributed by atoms with van der Waals surface area (Å²) in [6.45, 7) is 1.65. The van der Waals surface area contributed by atoms with Crippen LogP contribution in [0.5, 0.6) is 0 Å². The Morgan fingerprint density at radius 2 is 2.00 bits per heavy atom. The zero-order valence-corrected chi connectivity index (χ0v) is 10.4. The van der Waals surface area contributed by atoms with Crippen LogP contribution in [0.4, 0.5) is 0 Å². The Labute approximate surface area is 100 Å². The van der Waals surface area contributed by atoms with Gasteiger partial charge in [0.25, 0.3) is 0 Å². The van der Waals surface area contributed by atoms with E-state index in [2.05, 4.69) is 4.98 Å². The number of H-pyrrole nitrogens is 1. The summed E-state index contributed by atoms with van der Waals surface area (Å²) in [5, 5.41) is 9.46. The number of fused-ring (bicyclic) bond motifs is 1. The molecule has 0 saturated heterocycles. The van der Waals surface area contributed by atoms with Crippen molar-refractivity contribution in [2.24, 2.45) is 0 Å². The topological polar surface area (TPSA) is 70.2 Å². The summed E-state index contributed by atoms with van der Waals surface area (Å²) >= 11 is 0. The number of rotatable bonds is 4. The van der Waals surface area contributed by atoms with Crippen LogP contribution in [0, 0.1) is 6.92 Å². The maximum absolute atomic E-state index is 12.2. The molecule has 0 spiro atoms. The van der Waals surface area contributed by atoms with Crippen molar-refractivity contribution in [1.82, 2.24) is 4.98 Å². The maximum Gasteiger partial charge on any atom is 0.180 e. The standard InChI is InChI=1S/C12H15NO3S/c1-9-12(17(15,16)8-4-7-14)10-5-2-3-6-11(10)13-9/h2-3,5-6,13-14H,4,7-8H2,1H3. The highest BCUT2D eigenvalue weighted by molar-refractivity contribution is 7.91. The molecule has 1 aromatic heterocycles. The molecule has 17 heavy (non-hydrogen) atoms. The molecule has 0 amide bonds. The van der Waals surface area contributed by atoms with Gasteiger partial charge in [0, 0.05) is 23.2 Å². The molecule has 0 atom stereocenters. The van der Waals surface area contributed by atoms with Crippen LogP contribution < -0.4 is 0 Å². The molecule has 0 aliphatic rings. The maximum atomic E-state index is 12.2. The minimum Gasteiger partial charge on any atom is -0.396 e. The normalized spacial score (nSPS) is 12.1. The van der Waals surface area contributed by atoms with Gasteiger partial charge in [-0.05, 0) is 19.4 Å². The summed E-state index contributed by atoms with van der Waals surface area (Å²) in [6.07, 6.45) is 0.265. The molecule has 0 aliphatic heterocycles. The lowest BCUT2D eigenvalue weighted by molar-refractivity contribution is 0.295. The first-order valence-electron chi connectivity index (χ1n) is 5.47. The summed E-state index contributed by atoms with van der Waals surface area (Å²) in [6, 6.07) is 7.33. The predicted molar refractivity (Wildman–Crippen MR) is 66.8 cm³/mol. The predicted octanol–water partition coefficient (Wildman–Crippen LogP) is 1.63. The van der Waals surface area contributed by atoms with Gasteiger partial charge in [-0.3, -0.25) is 0 Å². The third-order valence-corrected chi connectivity index (χ3v) is 4.69. The summed E-state index contributed by atoms with van der Waals surface area (Å²) in [5.74, 6) is -0.0216. The van der Waals surface area contributed by atoms with Gasteiger partial charge in [0.15, 0.2) is 9.84 Å². The highest BCUT2D eigenvalue weighted by atomic mass is 32.2. The molecule has 2 N–H and O–H groups in total. The minimum absolute atomic E-state index is 0.0216. The van der Waals surface area contributed by atoms with Crippen LogP contribution in [-0.4, -0.2) is 30.9 Å². The van der Waals surface area contributed by atoms with Gasteiger partial charge in [-0.15, -0.1) is 0 Å². The van der Waals surface area contributed by atoms with E-state index in [0.29, 0.717) is 10.6 Å². The summed E-state index contributed by atoms with van der Waals surface area (Å²) in [4.78, 5) is 3.43. The molecule has 4 nitrogen and oxygen atoms in total. The van der Waals surface area contributed by atoms with Crippen LogP contribution in [0.3, 0.4) is 0 Å². The van der Waals surface area contributed by atoms with Crippen LogP contribution in [0.1, 0.15) is 12.1 Å². The minimum atomic E-state index is -3.33. The third kappa shape index (κ3) is 2.21. The Morgan fingerprint density at radius 3 is 2.71 bits per heavy atom. The van der Waals surface area contributed by atoms with Crippen molar-refractivity contribution in [1.29, 1.82) is 0 Å². The third-order valence-electron chi connectivity index (χ3n) is 2.72. The van der Waals surface area contributed by atoms with Crippen LogP contribution in [0.2, 0.25) is 0 Å². The van der Waals surface area contributed by atoms with E-state index in [1.165, 1.54) is 0 Å². The zero-order valence-electron chi connectivity index (χ0n) is 9.60. The van der Waals surface area contributed by atoms with Crippen molar-refractivity contribution in [3.63, 3.8) is 0 Å². The summed E-state index contributed by atoms with van der Waals surface area (Å²) in [5.41, 5.74) is 1.48.